The predicted molar refractivity (Wildman–Crippen MR) is 78.7 cm³/mol. The zero-order valence-electron chi connectivity index (χ0n) is 11.8. The highest BCUT2D eigenvalue weighted by Gasteiger charge is 2.19. The molecule has 0 bridgehead atoms. The van der Waals surface area contributed by atoms with Crippen molar-refractivity contribution in [2.24, 2.45) is 0 Å². The Morgan fingerprint density at radius 1 is 1.29 bits per heavy atom. The number of carbonyl (C=O) groups is 1. The van der Waals surface area contributed by atoms with E-state index in [9.17, 15) is 4.79 Å². The Balaban J connectivity index is 1.46. The molecule has 110 valence electrons. The van der Waals surface area contributed by atoms with Gasteiger partial charge in [-0.3, -0.25) is 4.79 Å². The average molecular weight is 286 g/mol. The van der Waals surface area contributed by atoms with Gasteiger partial charge >= 0.3 is 0 Å². The molecule has 0 radical (unpaired) electrons. The number of amides is 1. The summed E-state index contributed by atoms with van der Waals surface area (Å²) < 4.78 is 5.21. The summed E-state index contributed by atoms with van der Waals surface area (Å²) in [7, 11) is 0. The van der Waals surface area contributed by atoms with Crippen LogP contribution in [0.4, 0.5) is 5.95 Å². The minimum Gasteiger partial charge on any atom is -0.352 e. The van der Waals surface area contributed by atoms with Crippen LogP contribution in [-0.2, 0) is 4.79 Å². The number of nitrogens with one attached hydrogen (secondary N) is 1. The van der Waals surface area contributed by atoms with Crippen LogP contribution in [0.15, 0.2) is 34.9 Å². The van der Waals surface area contributed by atoms with Gasteiger partial charge in [-0.25, -0.2) is 0 Å². The molecule has 1 saturated heterocycles. The highest BCUT2D eigenvalue weighted by atomic mass is 16.5. The second kappa shape index (κ2) is 6.39. The van der Waals surface area contributed by atoms with Crippen molar-refractivity contribution in [3.63, 3.8) is 0 Å². The Morgan fingerprint density at radius 2 is 2.14 bits per heavy atom. The Kier molecular flexibility index (Phi) is 4.14. The quantitative estimate of drug-likeness (QED) is 0.824. The van der Waals surface area contributed by atoms with E-state index in [0.29, 0.717) is 18.3 Å². The Hall–Kier alpha value is -2.37. The van der Waals surface area contributed by atoms with E-state index in [1.807, 2.05) is 35.2 Å². The molecule has 2 aromatic rings. The fourth-order valence-corrected chi connectivity index (χ4v) is 2.40. The first kappa shape index (κ1) is 13.6. The van der Waals surface area contributed by atoms with Crippen molar-refractivity contribution in [2.45, 2.75) is 19.3 Å². The lowest BCUT2D eigenvalue weighted by Crippen LogP contribution is -2.27. The van der Waals surface area contributed by atoms with Crippen LogP contribution in [0.3, 0.4) is 0 Å². The van der Waals surface area contributed by atoms with Gasteiger partial charge in [-0.15, -0.1) is 0 Å². The van der Waals surface area contributed by atoms with E-state index in [4.69, 9.17) is 4.52 Å². The summed E-state index contributed by atoms with van der Waals surface area (Å²) in [6.07, 6.45) is 2.55. The van der Waals surface area contributed by atoms with Gasteiger partial charge in [-0.05, 0) is 30.1 Å². The monoisotopic (exact) mass is 286 g/mol. The van der Waals surface area contributed by atoms with E-state index in [2.05, 4.69) is 15.5 Å². The van der Waals surface area contributed by atoms with Crippen molar-refractivity contribution in [3.05, 3.63) is 30.3 Å². The van der Waals surface area contributed by atoms with Gasteiger partial charge in [0, 0.05) is 31.6 Å². The highest BCUT2D eigenvalue weighted by Crippen LogP contribution is 2.17. The number of rotatable bonds is 6. The highest BCUT2D eigenvalue weighted by molar-refractivity contribution is 5.78. The second-order valence-electron chi connectivity index (χ2n) is 5.05. The van der Waals surface area contributed by atoms with E-state index >= 15 is 0 Å². The van der Waals surface area contributed by atoms with Crippen LogP contribution < -0.4 is 5.32 Å². The molecular weight excluding hydrogens is 268 g/mol. The van der Waals surface area contributed by atoms with Crippen molar-refractivity contribution >= 4 is 11.9 Å². The van der Waals surface area contributed by atoms with Crippen molar-refractivity contribution in [3.8, 4) is 11.5 Å². The first-order valence-electron chi connectivity index (χ1n) is 7.24. The molecule has 1 N–H and O–H groups in total. The fourth-order valence-electron chi connectivity index (χ4n) is 2.40. The van der Waals surface area contributed by atoms with Crippen LogP contribution >= 0.6 is 0 Å². The molecule has 1 aromatic carbocycles. The number of likely N-dealkylation sites (tertiary alicyclic amines) is 1. The lowest BCUT2D eigenvalue weighted by molar-refractivity contribution is -0.127. The van der Waals surface area contributed by atoms with Crippen molar-refractivity contribution in [1.82, 2.24) is 15.0 Å². The van der Waals surface area contributed by atoms with E-state index in [1.54, 1.807) is 0 Å². The normalized spacial score (nSPS) is 14.7. The zero-order chi connectivity index (χ0) is 14.5. The van der Waals surface area contributed by atoms with Gasteiger partial charge in [0.1, 0.15) is 0 Å². The molecular formula is C15H18N4O2. The standard InChI is InChI=1S/C15H18N4O2/c20-13-8-4-10-19(13)11-5-9-16-15-17-14(21-18-15)12-6-2-1-3-7-12/h1-3,6-7H,4-5,8-11H2,(H,16,18). The van der Waals surface area contributed by atoms with Crippen LogP contribution in [0.1, 0.15) is 19.3 Å². The van der Waals surface area contributed by atoms with E-state index in [1.165, 1.54) is 0 Å². The molecule has 21 heavy (non-hydrogen) atoms. The van der Waals surface area contributed by atoms with Gasteiger partial charge < -0.3 is 14.7 Å². The summed E-state index contributed by atoms with van der Waals surface area (Å²) in [5.41, 5.74) is 0.903. The summed E-state index contributed by atoms with van der Waals surface area (Å²) in [4.78, 5) is 17.7. The first-order valence-corrected chi connectivity index (χ1v) is 7.24. The third-order valence-electron chi connectivity index (χ3n) is 3.51. The number of carbonyl (C=O) groups excluding carboxylic acids is 1. The molecule has 2 heterocycles. The molecule has 1 amide bonds. The molecule has 0 atom stereocenters. The second-order valence-corrected chi connectivity index (χ2v) is 5.05. The Labute approximate surface area is 123 Å². The molecule has 0 unspecified atom stereocenters. The maximum atomic E-state index is 11.5. The van der Waals surface area contributed by atoms with E-state index in [0.717, 1.165) is 38.0 Å². The third-order valence-corrected chi connectivity index (χ3v) is 3.51. The molecule has 6 nitrogen and oxygen atoms in total. The van der Waals surface area contributed by atoms with Gasteiger partial charge in [-0.2, -0.15) is 4.98 Å². The van der Waals surface area contributed by atoms with Crippen molar-refractivity contribution in [2.75, 3.05) is 25.0 Å². The molecule has 6 heteroatoms. The lowest BCUT2D eigenvalue weighted by atomic mass is 10.2. The van der Waals surface area contributed by atoms with Crippen molar-refractivity contribution < 1.29 is 9.32 Å². The number of hydrogen-bond acceptors (Lipinski definition) is 5. The maximum Gasteiger partial charge on any atom is 0.263 e. The number of benzene rings is 1. The lowest BCUT2D eigenvalue weighted by Gasteiger charge is -2.14. The van der Waals surface area contributed by atoms with Crippen LogP contribution in [-0.4, -0.2) is 40.6 Å². The summed E-state index contributed by atoms with van der Waals surface area (Å²) >= 11 is 0. The summed E-state index contributed by atoms with van der Waals surface area (Å²) in [6, 6.07) is 9.66. The molecule has 0 aliphatic carbocycles. The third kappa shape index (κ3) is 3.39. The van der Waals surface area contributed by atoms with Gasteiger partial charge in [0.2, 0.25) is 5.91 Å². The summed E-state index contributed by atoms with van der Waals surface area (Å²) in [5, 5.41) is 7.02. The molecule has 1 aliphatic rings. The molecule has 1 aromatic heterocycles. The fraction of sp³-hybridized carbons (Fsp3) is 0.400. The summed E-state index contributed by atoms with van der Waals surface area (Å²) in [6.45, 7) is 2.39. The van der Waals surface area contributed by atoms with Crippen LogP contribution in [0.25, 0.3) is 11.5 Å². The summed E-state index contributed by atoms with van der Waals surface area (Å²) in [5.74, 6) is 1.26. The van der Waals surface area contributed by atoms with Gasteiger partial charge in [0.25, 0.3) is 11.8 Å². The van der Waals surface area contributed by atoms with Gasteiger partial charge in [-0.1, -0.05) is 18.2 Å². The van der Waals surface area contributed by atoms with Gasteiger partial charge in [0.15, 0.2) is 0 Å². The smallest absolute Gasteiger partial charge is 0.263 e. The van der Waals surface area contributed by atoms with Crippen LogP contribution in [0.5, 0.6) is 0 Å². The molecule has 1 fully saturated rings. The van der Waals surface area contributed by atoms with E-state index < -0.39 is 0 Å². The molecule has 3 rings (SSSR count). The number of anilines is 1. The number of hydrogen-bond donors (Lipinski definition) is 1. The molecule has 0 spiro atoms. The minimum absolute atomic E-state index is 0.265. The maximum absolute atomic E-state index is 11.5. The van der Waals surface area contributed by atoms with E-state index in [-0.39, 0.29) is 5.91 Å². The number of aromatic nitrogens is 2. The average Bonchev–Trinajstić information content (AvgIpc) is 3.14. The first-order chi connectivity index (χ1) is 10.3. The SMILES string of the molecule is O=C1CCCN1CCCNc1noc(-c2ccccc2)n1. The zero-order valence-corrected chi connectivity index (χ0v) is 11.8. The number of nitrogens with zero attached hydrogens (tertiary/aromatic N) is 3. The Morgan fingerprint density at radius 3 is 2.90 bits per heavy atom. The van der Waals surface area contributed by atoms with Crippen molar-refractivity contribution in [1.29, 1.82) is 0 Å². The predicted octanol–water partition coefficient (Wildman–Crippen LogP) is 2.16. The molecule has 0 saturated carbocycles. The largest absolute Gasteiger partial charge is 0.352 e. The minimum atomic E-state index is 0.265. The topological polar surface area (TPSA) is 71.3 Å². The van der Waals surface area contributed by atoms with Crippen LogP contribution in [0.2, 0.25) is 0 Å². The Bertz CT molecular complexity index is 597. The van der Waals surface area contributed by atoms with Gasteiger partial charge in [0.05, 0.1) is 0 Å². The molecule has 1 aliphatic heterocycles. The van der Waals surface area contributed by atoms with Crippen LogP contribution in [0, 0.1) is 0 Å².